The lowest BCUT2D eigenvalue weighted by molar-refractivity contribution is 0.102. The molecule has 2 aromatic carbocycles. The van der Waals surface area contributed by atoms with Crippen LogP contribution in [0.4, 0.5) is 10.1 Å². The van der Waals surface area contributed by atoms with Gasteiger partial charge < -0.3 is 10.1 Å². The number of halogens is 3. The highest BCUT2D eigenvalue weighted by atomic mass is 35.5. The van der Waals surface area contributed by atoms with Gasteiger partial charge in [-0.2, -0.15) is 9.97 Å². The van der Waals surface area contributed by atoms with Crippen molar-refractivity contribution in [3.63, 3.8) is 0 Å². The maximum atomic E-state index is 13.7. The van der Waals surface area contributed by atoms with E-state index in [1.165, 1.54) is 24.3 Å². The Morgan fingerprint density at radius 3 is 2.37 bits per heavy atom. The molecule has 0 atom stereocenters. The van der Waals surface area contributed by atoms with Gasteiger partial charge in [0.2, 0.25) is 0 Å². The molecular formula is C19H14Cl2FN3O2. The molecule has 0 bridgehead atoms. The van der Waals surface area contributed by atoms with Gasteiger partial charge in [-0.15, -0.1) is 0 Å². The first kappa shape index (κ1) is 19.1. The molecule has 1 N–H and O–H groups in total. The van der Waals surface area contributed by atoms with Gasteiger partial charge in [-0.25, -0.2) is 4.39 Å². The fourth-order valence-electron chi connectivity index (χ4n) is 2.39. The quantitative estimate of drug-likeness (QED) is 0.614. The zero-order valence-corrected chi connectivity index (χ0v) is 15.9. The number of carbonyl (C=O) groups excluding carboxylic acids is 1. The smallest absolute Gasteiger partial charge is 0.322 e. The molecule has 8 heteroatoms. The van der Waals surface area contributed by atoms with Crippen molar-refractivity contribution in [2.75, 3.05) is 5.32 Å². The number of benzene rings is 2. The zero-order chi connectivity index (χ0) is 19.6. The van der Waals surface area contributed by atoms with E-state index in [1.54, 1.807) is 32.0 Å². The van der Waals surface area contributed by atoms with E-state index in [9.17, 15) is 9.18 Å². The van der Waals surface area contributed by atoms with Gasteiger partial charge in [-0.1, -0.05) is 35.3 Å². The number of anilines is 1. The molecule has 3 aromatic rings. The minimum absolute atomic E-state index is 0.0148. The Kier molecular flexibility index (Phi) is 5.58. The van der Waals surface area contributed by atoms with Crippen LogP contribution in [0.1, 0.15) is 21.7 Å². The monoisotopic (exact) mass is 405 g/mol. The summed E-state index contributed by atoms with van der Waals surface area (Å²) in [7, 11) is 0. The number of amides is 1. The molecule has 138 valence electrons. The third kappa shape index (κ3) is 4.35. The van der Waals surface area contributed by atoms with E-state index in [-0.39, 0.29) is 22.3 Å². The first-order valence-corrected chi connectivity index (χ1v) is 8.65. The zero-order valence-electron chi connectivity index (χ0n) is 14.4. The van der Waals surface area contributed by atoms with Crippen LogP contribution in [-0.4, -0.2) is 15.9 Å². The minimum atomic E-state index is -0.522. The van der Waals surface area contributed by atoms with Crippen LogP contribution in [0.5, 0.6) is 11.8 Å². The lowest BCUT2D eigenvalue weighted by atomic mass is 10.2. The highest BCUT2D eigenvalue weighted by Crippen LogP contribution is 2.27. The summed E-state index contributed by atoms with van der Waals surface area (Å²) < 4.78 is 19.1. The van der Waals surface area contributed by atoms with Crippen LogP contribution in [0, 0.1) is 19.7 Å². The molecule has 5 nitrogen and oxygen atoms in total. The van der Waals surface area contributed by atoms with Crippen LogP contribution >= 0.6 is 23.2 Å². The number of nitrogens with one attached hydrogen (secondary N) is 1. The molecule has 0 aliphatic rings. The van der Waals surface area contributed by atoms with Gasteiger partial charge in [0.05, 0.1) is 27.7 Å². The minimum Gasteiger partial charge on any atom is -0.421 e. The van der Waals surface area contributed by atoms with E-state index < -0.39 is 11.7 Å². The fourth-order valence-corrected chi connectivity index (χ4v) is 2.89. The molecule has 0 aliphatic carbocycles. The van der Waals surface area contributed by atoms with Crippen LogP contribution < -0.4 is 10.1 Å². The summed E-state index contributed by atoms with van der Waals surface area (Å²) in [5.74, 6) is -0.929. The average Bonchev–Trinajstić information content (AvgIpc) is 2.60. The summed E-state index contributed by atoms with van der Waals surface area (Å²) >= 11 is 11.9. The van der Waals surface area contributed by atoms with Gasteiger partial charge >= 0.3 is 6.01 Å². The molecule has 1 amide bonds. The van der Waals surface area contributed by atoms with Crippen molar-refractivity contribution in [2.24, 2.45) is 0 Å². The number of hydrogen-bond acceptors (Lipinski definition) is 4. The molecule has 0 radical (unpaired) electrons. The Morgan fingerprint density at radius 1 is 1.07 bits per heavy atom. The summed E-state index contributed by atoms with van der Waals surface area (Å²) in [6.07, 6.45) is 0. The van der Waals surface area contributed by atoms with Gasteiger partial charge in [-0.05, 0) is 44.2 Å². The second kappa shape index (κ2) is 7.90. The Bertz CT molecular complexity index is 1000. The van der Waals surface area contributed by atoms with E-state index in [0.29, 0.717) is 22.1 Å². The fraction of sp³-hybridized carbons (Fsp3) is 0.105. The number of nitrogens with zero attached hydrogens (tertiary/aromatic N) is 2. The first-order valence-electron chi connectivity index (χ1n) is 7.89. The molecule has 0 saturated heterocycles. The lowest BCUT2D eigenvalue weighted by Crippen LogP contribution is -2.15. The maximum absolute atomic E-state index is 13.7. The van der Waals surface area contributed by atoms with Gasteiger partial charge in [0, 0.05) is 5.02 Å². The molecule has 0 spiro atoms. The summed E-state index contributed by atoms with van der Waals surface area (Å²) in [5.41, 5.74) is 1.62. The molecule has 0 saturated carbocycles. The third-order valence-corrected chi connectivity index (χ3v) is 4.25. The molecule has 27 heavy (non-hydrogen) atoms. The second-order valence-electron chi connectivity index (χ2n) is 5.66. The van der Waals surface area contributed by atoms with E-state index in [0.717, 1.165) is 0 Å². The molecular weight excluding hydrogens is 392 g/mol. The van der Waals surface area contributed by atoms with E-state index in [4.69, 9.17) is 27.9 Å². The van der Waals surface area contributed by atoms with Crippen molar-refractivity contribution in [1.29, 1.82) is 0 Å². The Labute approximate surface area is 165 Å². The van der Waals surface area contributed by atoms with Crippen molar-refractivity contribution in [3.05, 3.63) is 75.3 Å². The van der Waals surface area contributed by atoms with Crippen LogP contribution in [0.15, 0.2) is 42.5 Å². The molecule has 0 unspecified atom stereocenters. The van der Waals surface area contributed by atoms with Crippen molar-refractivity contribution < 1.29 is 13.9 Å². The van der Waals surface area contributed by atoms with Gasteiger partial charge in [0.15, 0.2) is 11.6 Å². The molecule has 1 heterocycles. The van der Waals surface area contributed by atoms with Crippen molar-refractivity contribution in [2.45, 2.75) is 13.8 Å². The number of aryl methyl sites for hydroxylation is 2. The van der Waals surface area contributed by atoms with Crippen LogP contribution in [-0.2, 0) is 0 Å². The van der Waals surface area contributed by atoms with Crippen molar-refractivity contribution in [3.8, 4) is 11.8 Å². The lowest BCUT2D eigenvalue weighted by Gasteiger charge is -2.13. The van der Waals surface area contributed by atoms with Crippen molar-refractivity contribution in [1.82, 2.24) is 9.97 Å². The average molecular weight is 406 g/mol. The molecule has 0 fully saturated rings. The van der Waals surface area contributed by atoms with Gasteiger partial charge in [0.1, 0.15) is 0 Å². The molecule has 3 rings (SSSR count). The van der Waals surface area contributed by atoms with Gasteiger partial charge in [0.25, 0.3) is 5.91 Å². The van der Waals surface area contributed by atoms with Crippen LogP contribution in [0.3, 0.4) is 0 Å². The Hall–Kier alpha value is -2.70. The summed E-state index contributed by atoms with van der Waals surface area (Å²) in [6.45, 7) is 3.37. The highest BCUT2D eigenvalue weighted by molar-refractivity contribution is 6.37. The van der Waals surface area contributed by atoms with E-state index in [1.807, 2.05) is 0 Å². The largest absolute Gasteiger partial charge is 0.421 e. The van der Waals surface area contributed by atoms with E-state index >= 15 is 0 Å². The predicted molar refractivity (Wildman–Crippen MR) is 102 cm³/mol. The molecule has 1 aromatic heterocycles. The van der Waals surface area contributed by atoms with Crippen LogP contribution in [0.2, 0.25) is 10.0 Å². The normalized spacial score (nSPS) is 10.6. The van der Waals surface area contributed by atoms with E-state index in [2.05, 4.69) is 15.3 Å². The third-order valence-electron chi connectivity index (χ3n) is 3.70. The number of ether oxygens (including phenoxy) is 1. The topological polar surface area (TPSA) is 64.1 Å². The van der Waals surface area contributed by atoms with Gasteiger partial charge in [-0.3, -0.25) is 4.79 Å². The maximum Gasteiger partial charge on any atom is 0.322 e. The SMILES string of the molecule is Cc1nc(Oc2ccccc2F)nc(C)c1NC(=O)c1ccc(Cl)cc1Cl. The first-order chi connectivity index (χ1) is 12.8. The standard InChI is InChI=1S/C19H14Cl2FN3O2/c1-10-17(25-18(26)13-8-7-12(20)9-14(13)21)11(2)24-19(23-10)27-16-6-4-3-5-15(16)22/h3-9H,1-2H3,(H,25,26). The number of rotatable bonds is 4. The number of carbonyl (C=O) groups is 1. The number of para-hydroxylation sites is 1. The Morgan fingerprint density at radius 2 is 1.74 bits per heavy atom. The molecule has 0 aliphatic heterocycles. The number of hydrogen-bond donors (Lipinski definition) is 1. The highest BCUT2D eigenvalue weighted by Gasteiger charge is 2.16. The Balaban J connectivity index is 1.85. The predicted octanol–water partition coefficient (Wildman–Crippen LogP) is 5.58. The van der Waals surface area contributed by atoms with Crippen molar-refractivity contribution >= 4 is 34.8 Å². The second-order valence-corrected chi connectivity index (χ2v) is 6.51. The summed E-state index contributed by atoms with van der Waals surface area (Å²) in [4.78, 5) is 20.9. The van der Waals surface area contributed by atoms with Crippen LogP contribution in [0.25, 0.3) is 0 Å². The summed E-state index contributed by atoms with van der Waals surface area (Å²) in [6, 6.07) is 10.5. The summed E-state index contributed by atoms with van der Waals surface area (Å²) in [5, 5.41) is 3.40. The number of aromatic nitrogens is 2.